The van der Waals surface area contributed by atoms with Crippen LogP contribution in [0.4, 0.5) is 0 Å². The van der Waals surface area contributed by atoms with Crippen molar-refractivity contribution >= 4 is 11.1 Å². The molecule has 0 heterocycles. The average molecular weight is 148 g/mol. The van der Waals surface area contributed by atoms with E-state index in [1.807, 2.05) is 0 Å². The molecule has 1 unspecified atom stereocenters. The van der Waals surface area contributed by atoms with Gasteiger partial charge in [0.2, 0.25) is 0 Å². The summed E-state index contributed by atoms with van der Waals surface area (Å²) in [7, 11) is 0. The smallest absolute Gasteiger partial charge is 0.152 e. The lowest BCUT2D eigenvalue weighted by Crippen LogP contribution is -2.08. The maximum absolute atomic E-state index is 10.5. The minimum Gasteiger partial charge on any atom is -0.287 e. The van der Waals surface area contributed by atoms with Crippen LogP contribution in [-0.4, -0.2) is 16.6 Å². The van der Waals surface area contributed by atoms with E-state index in [1.54, 1.807) is 6.26 Å². The minimum absolute atomic E-state index is 0.288. The summed E-state index contributed by atoms with van der Waals surface area (Å²) in [5, 5.41) is 0. The van der Waals surface area contributed by atoms with Gasteiger partial charge in [-0.2, -0.15) is 0 Å². The van der Waals surface area contributed by atoms with E-state index in [1.165, 1.54) is 12.8 Å². The van der Waals surface area contributed by atoms with Crippen molar-refractivity contribution in [1.29, 1.82) is 0 Å². The Labute approximate surface area is 58.3 Å². The molecular weight excluding hydrogens is 136 g/mol. The quantitative estimate of drug-likeness (QED) is 0.589. The molecule has 1 aliphatic carbocycles. The first-order valence-electron chi connectivity index (χ1n) is 3.29. The van der Waals surface area contributed by atoms with Gasteiger partial charge in [0, 0.05) is 6.26 Å². The van der Waals surface area contributed by atoms with Gasteiger partial charge in [0.25, 0.3) is 0 Å². The van der Waals surface area contributed by atoms with Crippen molar-refractivity contribution in [3.63, 3.8) is 0 Å². The molecule has 0 aliphatic heterocycles. The van der Waals surface area contributed by atoms with E-state index < -0.39 is 11.1 Å². The second-order valence-electron chi connectivity index (χ2n) is 2.40. The Kier molecular flexibility index (Phi) is 2.66. The van der Waals surface area contributed by atoms with Crippen LogP contribution in [-0.2, 0) is 15.3 Å². The highest BCUT2D eigenvalue weighted by Crippen LogP contribution is 2.21. The van der Waals surface area contributed by atoms with Crippen molar-refractivity contribution in [1.82, 2.24) is 0 Å². The van der Waals surface area contributed by atoms with Crippen LogP contribution in [0.2, 0.25) is 0 Å². The van der Waals surface area contributed by atoms with Gasteiger partial charge in [0.15, 0.2) is 11.1 Å². The second kappa shape index (κ2) is 3.32. The summed E-state index contributed by atoms with van der Waals surface area (Å²) >= 11 is -1.06. The fourth-order valence-electron chi connectivity index (χ4n) is 1.18. The zero-order valence-electron chi connectivity index (χ0n) is 5.63. The third-order valence-corrected chi connectivity index (χ3v) is 2.12. The molecule has 1 rings (SSSR count). The maximum Gasteiger partial charge on any atom is 0.152 e. The van der Waals surface area contributed by atoms with E-state index in [0.717, 1.165) is 12.8 Å². The Balaban J connectivity index is 2.19. The summed E-state index contributed by atoms with van der Waals surface area (Å²) in [6.07, 6.45) is 6.54. The van der Waals surface area contributed by atoms with Gasteiger partial charge >= 0.3 is 0 Å². The molecule has 3 heteroatoms. The van der Waals surface area contributed by atoms with Gasteiger partial charge in [0.05, 0.1) is 6.10 Å². The van der Waals surface area contributed by atoms with E-state index in [2.05, 4.69) is 0 Å². The number of hydrogen-bond donors (Lipinski definition) is 0. The molecule has 0 bridgehead atoms. The molecule has 1 aliphatic rings. The third kappa shape index (κ3) is 2.45. The van der Waals surface area contributed by atoms with Crippen LogP contribution >= 0.6 is 0 Å². The molecule has 1 saturated carbocycles. The normalized spacial score (nSPS) is 24.6. The van der Waals surface area contributed by atoms with Crippen molar-refractivity contribution in [3.05, 3.63) is 0 Å². The van der Waals surface area contributed by atoms with Crippen LogP contribution < -0.4 is 0 Å². The lowest BCUT2D eigenvalue weighted by Gasteiger charge is -2.05. The molecular formula is C6H12O2S. The zero-order chi connectivity index (χ0) is 6.69. The van der Waals surface area contributed by atoms with Gasteiger partial charge in [-0.25, -0.2) is 4.21 Å². The van der Waals surface area contributed by atoms with E-state index >= 15 is 0 Å². The highest BCUT2D eigenvalue weighted by atomic mass is 32.2. The molecule has 0 aromatic carbocycles. The van der Waals surface area contributed by atoms with Crippen LogP contribution in [0.5, 0.6) is 0 Å². The molecule has 0 saturated heterocycles. The van der Waals surface area contributed by atoms with Crippen LogP contribution in [0.3, 0.4) is 0 Å². The Hall–Kier alpha value is 0.110. The molecule has 0 N–H and O–H groups in total. The van der Waals surface area contributed by atoms with Gasteiger partial charge in [-0.3, -0.25) is 4.18 Å². The predicted octanol–water partition coefficient (Wildman–Crippen LogP) is 1.24. The van der Waals surface area contributed by atoms with Crippen molar-refractivity contribution in [2.24, 2.45) is 0 Å². The topological polar surface area (TPSA) is 26.3 Å². The highest BCUT2D eigenvalue weighted by Gasteiger charge is 2.16. The standard InChI is InChI=1S/C6H12O2S/c1-9(7)8-6-4-2-3-5-6/h6H,2-5H2,1H3. The van der Waals surface area contributed by atoms with Gasteiger partial charge in [-0.15, -0.1) is 0 Å². The Morgan fingerprint density at radius 3 is 2.44 bits per heavy atom. The Bertz CT molecular complexity index is 108. The van der Waals surface area contributed by atoms with Crippen LogP contribution in [0, 0.1) is 0 Å². The summed E-state index contributed by atoms with van der Waals surface area (Å²) in [6, 6.07) is 0. The number of hydrogen-bond acceptors (Lipinski definition) is 2. The SMILES string of the molecule is CS(=O)OC1CCCC1. The summed E-state index contributed by atoms with van der Waals surface area (Å²) in [6.45, 7) is 0. The molecule has 0 amide bonds. The van der Waals surface area contributed by atoms with Crippen molar-refractivity contribution < 1.29 is 8.39 Å². The third-order valence-electron chi connectivity index (χ3n) is 1.57. The molecule has 54 valence electrons. The first kappa shape index (κ1) is 7.22. The van der Waals surface area contributed by atoms with Gasteiger partial charge in [0.1, 0.15) is 0 Å². The molecule has 0 aromatic heterocycles. The van der Waals surface area contributed by atoms with E-state index in [4.69, 9.17) is 4.18 Å². The van der Waals surface area contributed by atoms with Crippen molar-refractivity contribution in [2.75, 3.05) is 6.26 Å². The summed E-state index contributed by atoms with van der Waals surface area (Å²) in [4.78, 5) is 0. The molecule has 9 heavy (non-hydrogen) atoms. The van der Waals surface area contributed by atoms with Crippen LogP contribution in [0.1, 0.15) is 25.7 Å². The summed E-state index contributed by atoms with van der Waals surface area (Å²) in [5.41, 5.74) is 0. The Morgan fingerprint density at radius 1 is 1.44 bits per heavy atom. The van der Waals surface area contributed by atoms with E-state index in [0.29, 0.717) is 0 Å². The highest BCUT2D eigenvalue weighted by molar-refractivity contribution is 7.79. The van der Waals surface area contributed by atoms with Crippen molar-refractivity contribution in [3.8, 4) is 0 Å². The fourth-order valence-corrected chi connectivity index (χ4v) is 1.75. The van der Waals surface area contributed by atoms with E-state index in [-0.39, 0.29) is 6.10 Å². The van der Waals surface area contributed by atoms with Gasteiger partial charge in [-0.05, 0) is 12.8 Å². The molecule has 0 aromatic rings. The molecule has 0 radical (unpaired) electrons. The van der Waals surface area contributed by atoms with Gasteiger partial charge < -0.3 is 0 Å². The largest absolute Gasteiger partial charge is 0.287 e. The summed E-state index contributed by atoms with van der Waals surface area (Å²) in [5.74, 6) is 0. The minimum atomic E-state index is -1.06. The van der Waals surface area contributed by atoms with Crippen LogP contribution in [0.25, 0.3) is 0 Å². The van der Waals surface area contributed by atoms with Crippen molar-refractivity contribution in [2.45, 2.75) is 31.8 Å². The van der Waals surface area contributed by atoms with Gasteiger partial charge in [-0.1, -0.05) is 12.8 Å². The molecule has 0 spiro atoms. The molecule has 1 fully saturated rings. The maximum atomic E-state index is 10.5. The monoisotopic (exact) mass is 148 g/mol. The van der Waals surface area contributed by atoms with E-state index in [9.17, 15) is 4.21 Å². The zero-order valence-corrected chi connectivity index (χ0v) is 6.45. The number of rotatable bonds is 2. The Morgan fingerprint density at radius 2 is 2.00 bits per heavy atom. The molecule has 2 nitrogen and oxygen atoms in total. The van der Waals surface area contributed by atoms with Crippen LogP contribution in [0.15, 0.2) is 0 Å². The lowest BCUT2D eigenvalue weighted by atomic mass is 10.3. The predicted molar refractivity (Wildman–Crippen MR) is 37.4 cm³/mol. The lowest BCUT2D eigenvalue weighted by molar-refractivity contribution is 0.236. The first-order chi connectivity index (χ1) is 4.29. The second-order valence-corrected chi connectivity index (χ2v) is 3.40. The average Bonchev–Trinajstić information content (AvgIpc) is 2.15. The first-order valence-corrected chi connectivity index (χ1v) is 4.78. The summed E-state index contributed by atoms with van der Waals surface area (Å²) < 4.78 is 15.6. The fraction of sp³-hybridized carbons (Fsp3) is 1.00. The molecule has 1 atom stereocenters.